The van der Waals surface area contributed by atoms with Gasteiger partial charge in [0.2, 0.25) is 5.91 Å². The largest absolute Gasteiger partial charge is 0.435 e. The summed E-state index contributed by atoms with van der Waals surface area (Å²) in [5, 5.41) is 4.72. The number of carbonyl (C=O) groups excluding carboxylic acids is 2. The molecule has 4 rings (SSSR count). The Kier molecular flexibility index (Phi) is 6.87. The number of oxime groups is 1. The van der Waals surface area contributed by atoms with Crippen LogP contribution in [-0.2, 0) is 15.2 Å². The van der Waals surface area contributed by atoms with E-state index >= 15 is 0 Å². The van der Waals surface area contributed by atoms with E-state index in [2.05, 4.69) is 10.5 Å². The fourth-order valence-corrected chi connectivity index (χ4v) is 4.48. The average Bonchev–Trinajstić information content (AvgIpc) is 3.26. The first-order valence-corrected chi connectivity index (χ1v) is 11.4. The van der Waals surface area contributed by atoms with Crippen LogP contribution in [0.4, 0.5) is 26.3 Å². The van der Waals surface area contributed by atoms with Gasteiger partial charge in [-0.3, -0.25) is 9.59 Å². The Labute approximate surface area is 216 Å². The van der Waals surface area contributed by atoms with Crippen LogP contribution in [0.3, 0.4) is 0 Å². The predicted molar refractivity (Wildman–Crippen MR) is 121 cm³/mol. The van der Waals surface area contributed by atoms with Gasteiger partial charge >= 0.3 is 6.18 Å². The Morgan fingerprint density at radius 2 is 1.76 bits per heavy atom. The van der Waals surface area contributed by atoms with Gasteiger partial charge in [-0.15, -0.1) is 0 Å². The summed E-state index contributed by atoms with van der Waals surface area (Å²) >= 11 is 11.4. The second kappa shape index (κ2) is 9.39. The van der Waals surface area contributed by atoms with Gasteiger partial charge in [-0.25, -0.2) is 13.2 Å². The van der Waals surface area contributed by atoms with Gasteiger partial charge < -0.3 is 15.1 Å². The molecule has 14 heteroatoms. The smallest absolute Gasteiger partial charge is 0.374 e. The number of rotatable bonds is 5. The molecule has 2 heterocycles. The molecule has 1 saturated heterocycles. The molecule has 1 unspecified atom stereocenters. The Balaban J connectivity index is 1.50. The summed E-state index contributed by atoms with van der Waals surface area (Å²) < 4.78 is 82.1. The van der Waals surface area contributed by atoms with E-state index in [1.165, 1.54) is 25.1 Å². The molecule has 6 nitrogen and oxygen atoms in total. The lowest BCUT2D eigenvalue weighted by atomic mass is 9.86. The molecule has 1 N–H and O–H groups in total. The Morgan fingerprint density at radius 3 is 2.30 bits per heavy atom. The normalized spacial score (nSPS) is 20.7. The van der Waals surface area contributed by atoms with E-state index < -0.39 is 77.0 Å². The Morgan fingerprint density at radius 1 is 1.14 bits per heavy atom. The zero-order valence-electron chi connectivity index (χ0n) is 18.9. The van der Waals surface area contributed by atoms with Crippen molar-refractivity contribution < 1.29 is 40.8 Å². The highest BCUT2D eigenvalue weighted by Gasteiger charge is 2.62. The second-order valence-corrected chi connectivity index (χ2v) is 9.52. The molecular formula is C23H17Cl2F6N3O3. The number of nitrogens with one attached hydrogen (secondary N) is 1. The van der Waals surface area contributed by atoms with Crippen LogP contribution >= 0.6 is 23.2 Å². The number of likely N-dealkylation sites (tertiary alicyclic amines) is 1. The summed E-state index contributed by atoms with van der Waals surface area (Å²) in [4.78, 5) is 30.2. The molecule has 0 bridgehead atoms. The number of halogens is 8. The zero-order chi connectivity index (χ0) is 27.3. The molecule has 1 fully saturated rings. The third-order valence-electron chi connectivity index (χ3n) is 6.04. The highest BCUT2D eigenvalue weighted by Crippen LogP contribution is 2.50. The van der Waals surface area contributed by atoms with E-state index in [1.807, 2.05) is 0 Å². The number of hydrogen-bond acceptors (Lipinski definition) is 4. The fourth-order valence-electron chi connectivity index (χ4n) is 4.00. The summed E-state index contributed by atoms with van der Waals surface area (Å²) in [6.45, 7) is -0.401. The molecule has 0 saturated carbocycles. The highest BCUT2D eigenvalue weighted by molar-refractivity contribution is 6.35. The van der Waals surface area contributed by atoms with Gasteiger partial charge in [0.25, 0.3) is 17.4 Å². The molecule has 2 aliphatic heterocycles. The van der Waals surface area contributed by atoms with E-state index in [1.54, 1.807) is 0 Å². The molecule has 37 heavy (non-hydrogen) atoms. The van der Waals surface area contributed by atoms with Crippen molar-refractivity contribution in [3.63, 3.8) is 0 Å². The first kappa shape index (κ1) is 27.1. The molecule has 0 aromatic heterocycles. The molecule has 0 aliphatic carbocycles. The lowest BCUT2D eigenvalue weighted by Gasteiger charge is -2.38. The van der Waals surface area contributed by atoms with Gasteiger partial charge in [0.05, 0.1) is 35.4 Å². The van der Waals surface area contributed by atoms with Crippen LogP contribution in [0.25, 0.3) is 0 Å². The Bertz CT molecular complexity index is 1290. The molecule has 2 aliphatic rings. The maximum atomic E-state index is 14.2. The number of nitrogens with zero attached hydrogens (tertiary/aromatic N) is 2. The van der Waals surface area contributed by atoms with Crippen molar-refractivity contribution in [2.24, 2.45) is 5.16 Å². The summed E-state index contributed by atoms with van der Waals surface area (Å²) in [7, 11) is 0. The monoisotopic (exact) mass is 567 g/mol. The van der Waals surface area contributed by atoms with Crippen molar-refractivity contribution in [2.75, 3.05) is 19.6 Å². The van der Waals surface area contributed by atoms with Crippen molar-refractivity contribution in [1.29, 1.82) is 0 Å². The number of benzene rings is 2. The quantitative estimate of drug-likeness (QED) is 0.397. The second-order valence-electron chi connectivity index (χ2n) is 8.70. The maximum Gasteiger partial charge on any atom is 0.435 e. The van der Waals surface area contributed by atoms with Crippen LogP contribution in [0.5, 0.6) is 0 Å². The number of carbonyl (C=O) groups is 2. The van der Waals surface area contributed by atoms with Gasteiger partial charge in [-0.05, 0) is 42.3 Å². The zero-order valence-corrected chi connectivity index (χ0v) is 20.4. The van der Waals surface area contributed by atoms with Crippen molar-refractivity contribution >= 4 is 40.7 Å². The van der Waals surface area contributed by atoms with Crippen molar-refractivity contribution in [2.45, 2.75) is 31.0 Å². The lowest BCUT2D eigenvalue weighted by molar-refractivity contribution is -0.275. The molecular weight excluding hydrogens is 551 g/mol. The van der Waals surface area contributed by atoms with Gasteiger partial charge in [-0.1, -0.05) is 34.4 Å². The van der Waals surface area contributed by atoms with E-state index in [9.17, 15) is 35.9 Å². The highest BCUT2D eigenvalue weighted by atomic mass is 35.5. The molecule has 2 aromatic carbocycles. The number of amides is 2. The first-order valence-electron chi connectivity index (χ1n) is 10.7. The van der Waals surface area contributed by atoms with Crippen LogP contribution < -0.4 is 5.32 Å². The van der Waals surface area contributed by atoms with Gasteiger partial charge in [0.15, 0.2) is 5.82 Å². The van der Waals surface area contributed by atoms with E-state index in [0.29, 0.717) is 5.56 Å². The summed E-state index contributed by atoms with van der Waals surface area (Å²) in [6, 6.07) is 5.63. The fraction of sp³-hybridized carbons (Fsp3) is 0.348. The first-order chi connectivity index (χ1) is 17.1. The summed E-state index contributed by atoms with van der Waals surface area (Å²) in [5.41, 5.74) is -2.92. The molecule has 0 spiro atoms. The molecule has 198 valence electrons. The minimum absolute atomic E-state index is 0.0992. The number of hydrogen-bond donors (Lipinski definition) is 1. The van der Waals surface area contributed by atoms with Crippen LogP contribution in [0.15, 0.2) is 35.5 Å². The summed E-state index contributed by atoms with van der Waals surface area (Å²) in [6.07, 6.45) is -5.76. The predicted octanol–water partition coefficient (Wildman–Crippen LogP) is 5.23. The SMILES string of the molecule is Cc1cc(C2=NOC(c3cc(Cl)c(F)c(Cl)c3)(C(F)(F)F)C2)ccc1C(=O)NCC(=O)N1CC(F)(F)C1. The topological polar surface area (TPSA) is 71.0 Å². The van der Waals surface area contributed by atoms with Crippen molar-refractivity contribution in [3.8, 4) is 0 Å². The molecule has 1 atom stereocenters. The van der Waals surface area contributed by atoms with Crippen LogP contribution in [0, 0.1) is 12.7 Å². The van der Waals surface area contributed by atoms with E-state index in [0.717, 1.165) is 17.0 Å². The molecule has 2 amide bonds. The third kappa shape index (κ3) is 5.08. The van der Waals surface area contributed by atoms with Gasteiger partial charge in [0.1, 0.15) is 0 Å². The lowest BCUT2D eigenvalue weighted by Crippen LogP contribution is -2.60. The van der Waals surface area contributed by atoms with Crippen LogP contribution in [-0.4, -0.2) is 54.2 Å². The molecule has 0 radical (unpaired) electrons. The minimum atomic E-state index is -4.98. The van der Waals surface area contributed by atoms with Crippen LogP contribution in [0.1, 0.15) is 33.5 Å². The van der Waals surface area contributed by atoms with Crippen LogP contribution in [0.2, 0.25) is 10.0 Å². The van der Waals surface area contributed by atoms with Crippen molar-refractivity contribution in [3.05, 3.63) is 68.4 Å². The Hall–Kier alpha value is -2.99. The number of alkyl halides is 5. The minimum Gasteiger partial charge on any atom is -0.374 e. The average molecular weight is 568 g/mol. The third-order valence-corrected chi connectivity index (χ3v) is 6.59. The number of aryl methyl sites for hydroxylation is 1. The van der Waals surface area contributed by atoms with Gasteiger partial charge in [-0.2, -0.15) is 13.2 Å². The van der Waals surface area contributed by atoms with Crippen molar-refractivity contribution in [1.82, 2.24) is 10.2 Å². The maximum absolute atomic E-state index is 14.2. The molecule has 2 aromatic rings. The summed E-state index contributed by atoms with van der Waals surface area (Å²) in [5.74, 6) is -5.35. The standard InChI is InChI=1S/C23H17Cl2F6N3O3/c1-11-4-12(2-3-14(11)20(36)32-8-18(35)34-9-21(27,28)10-34)17-7-22(37-33-17,23(29,30)31)13-5-15(24)19(26)16(25)6-13/h2-6H,7-10H2,1H3,(H,32,36). The van der Waals surface area contributed by atoms with Gasteiger partial charge in [0, 0.05) is 17.5 Å². The van der Waals surface area contributed by atoms with E-state index in [-0.39, 0.29) is 16.8 Å². The van der Waals surface area contributed by atoms with E-state index in [4.69, 9.17) is 28.0 Å².